The lowest BCUT2D eigenvalue weighted by Gasteiger charge is -2.17. The van der Waals surface area contributed by atoms with Gasteiger partial charge in [0.1, 0.15) is 5.69 Å². The van der Waals surface area contributed by atoms with Crippen molar-refractivity contribution in [2.45, 2.75) is 39.2 Å². The molecule has 1 saturated heterocycles. The van der Waals surface area contributed by atoms with Gasteiger partial charge in [0.15, 0.2) is 5.82 Å². The average Bonchev–Trinajstić information content (AvgIpc) is 3.12. The number of carbonyl (C=O) groups is 1. The van der Waals surface area contributed by atoms with Crippen LogP contribution in [0.3, 0.4) is 0 Å². The molecule has 0 spiro atoms. The van der Waals surface area contributed by atoms with Crippen molar-refractivity contribution in [1.29, 1.82) is 0 Å². The first kappa shape index (κ1) is 22.5. The van der Waals surface area contributed by atoms with Gasteiger partial charge >= 0.3 is 0 Å². The molecule has 0 bridgehead atoms. The second-order valence-corrected chi connectivity index (χ2v) is 8.29. The molecule has 3 N–H and O–H groups in total. The summed E-state index contributed by atoms with van der Waals surface area (Å²) in [5, 5.41) is 9.83. The van der Waals surface area contributed by atoms with Gasteiger partial charge in [-0.1, -0.05) is 55.3 Å². The van der Waals surface area contributed by atoms with Gasteiger partial charge < -0.3 is 11.1 Å². The number of nitrogens with zero attached hydrogens (tertiary/aromatic N) is 4. The summed E-state index contributed by atoms with van der Waals surface area (Å²) in [7, 11) is 0. The van der Waals surface area contributed by atoms with Crippen LogP contribution in [0.4, 0.5) is 5.82 Å². The molecule has 1 aliphatic rings. The van der Waals surface area contributed by atoms with Crippen molar-refractivity contribution in [3.05, 3.63) is 77.6 Å². The van der Waals surface area contributed by atoms with Gasteiger partial charge in [-0.2, -0.15) is 5.10 Å². The zero-order valence-electron chi connectivity index (χ0n) is 19.0. The number of aromatic nitrogens is 2. The summed E-state index contributed by atoms with van der Waals surface area (Å²) < 4.78 is 0. The molecule has 4 rings (SSSR count). The predicted molar refractivity (Wildman–Crippen MR) is 132 cm³/mol. The molecule has 0 atom stereocenters. The Hall–Kier alpha value is -3.74. The van der Waals surface area contributed by atoms with Crippen molar-refractivity contribution in [1.82, 2.24) is 20.3 Å². The first-order valence-electron chi connectivity index (χ1n) is 11.5. The number of nitrogen functional groups attached to an aromatic ring is 1. The van der Waals surface area contributed by atoms with Crippen LogP contribution < -0.4 is 11.1 Å². The quantitative estimate of drug-likeness (QED) is 0.556. The Morgan fingerprint density at radius 1 is 1.06 bits per heavy atom. The van der Waals surface area contributed by atoms with E-state index in [4.69, 9.17) is 15.8 Å². The van der Waals surface area contributed by atoms with Gasteiger partial charge in [-0.3, -0.25) is 9.80 Å². The van der Waals surface area contributed by atoms with Gasteiger partial charge in [-0.25, -0.2) is 9.97 Å². The molecular weight excluding hydrogens is 412 g/mol. The molecule has 33 heavy (non-hydrogen) atoms. The van der Waals surface area contributed by atoms with Crippen LogP contribution in [0.1, 0.15) is 54.2 Å². The molecule has 7 nitrogen and oxygen atoms in total. The Balaban J connectivity index is 1.52. The molecule has 0 saturated carbocycles. The molecule has 0 radical (unpaired) electrons. The second kappa shape index (κ2) is 10.7. The number of rotatable bonds is 6. The first-order valence-corrected chi connectivity index (χ1v) is 11.5. The minimum Gasteiger partial charge on any atom is -0.382 e. The summed E-state index contributed by atoms with van der Waals surface area (Å²) in [4.78, 5) is 21.8. The van der Waals surface area contributed by atoms with Gasteiger partial charge in [0.25, 0.3) is 5.91 Å². The Morgan fingerprint density at radius 2 is 1.82 bits per heavy atom. The number of nitrogens with two attached hydrogens (primary N) is 1. The third kappa shape index (κ3) is 5.94. The summed E-state index contributed by atoms with van der Waals surface area (Å²) in [6, 6.07) is 17.2. The molecule has 1 fully saturated rings. The van der Waals surface area contributed by atoms with Crippen LogP contribution >= 0.6 is 0 Å². The molecule has 3 aromatic rings. The van der Waals surface area contributed by atoms with E-state index in [1.54, 1.807) is 12.3 Å². The van der Waals surface area contributed by atoms with Crippen LogP contribution in [0.5, 0.6) is 0 Å². The van der Waals surface area contributed by atoms with E-state index in [1.807, 2.05) is 55.5 Å². The van der Waals surface area contributed by atoms with E-state index in [2.05, 4.69) is 15.3 Å². The highest BCUT2D eigenvalue weighted by atomic mass is 16.1. The summed E-state index contributed by atoms with van der Waals surface area (Å²) in [6.45, 7) is 4.29. The normalized spacial score (nSPS) is 14.6. The van der Waals surface area contributed by atoms with Crippen LogP contribution in [-0.2, 0) is 6.54 Å². The highest BCUT2D eigenvalue weighted by Crippen LogP contribution is 2.21. The Kier molecular flexibility index (Phi) is 7.29. The van der Waals surface area contributed by atoms with Gasteiger partial charge in [0.2, 0.25) is 0 Å². The van der Waals surface area contributed by atoms with E-state index < -0.39 is 0 Å². The lowest BCUT2D eigenvalue weighted by molar-refractivity contribution is 0.0951. The van der Waals surface area contributed by atoms with Crippen molar-refractivity contribution in [2.24, 2.45) is 5.10 Å². The van der Waals surface area contributed by atoms with Gasteiger partial charge in [0.05, 0.1) is 17.6 Å². The van der Waals surface area contributed by atoms with Crippen LogP contribution in [-0.4, -0.2) is 39.7 Å². The maximum absolute atomic E-state index is 12.7. The number of benzene rings is 2. The molecule has 0 unspecified atom stereocenters. The predicted octanol–water partition coefficient (Wildman–Crippen LogP) is 4.26. The number of carbonyl (C=O) groups excluding carboxylic acids is 1. The largest absolute Gasteiger partial charge is 0.382 e. The van der Waals surface area contributed by atoms with E-state index in [0.717, 1.165) is 42.8 Å². The Labute approximate surface area is 194 Å². The van der Waals surface area contributed by atoms with Gasteiger partial charge in [-0.05, 0) is 37.5 Å². The average molecular weight is 443 g/mol. The van der Waals surface area contributed by atoms with Crippen molar-refractivity contribution in [2.75, 3.05) is 18.8 Å². The molecule has 1 aliphatic heterocycles. The fourth-order valence-corrected chi connectivity index (χ4v) is 3.92. The molecule has 2 aromatic carbocycles. The van der Waals surface area contributed by atoms with E-state index in [0.29, 0.717) is 29.3 Å². The van der Waals surface area contributed by atoms with Crippen LogP contribution in [0.25, 0.3) is 11.3 Å². The van der Waals surface area contributed by atoms with Gasteiger partial charge in [0, 0.05) is 30.8 Å². The Morgan fingerprint density at radius 3 is 2.58 bits per heavy atom. The van der Waals surface area contributed by atoms with Crippen LogP contribution in [0.15, 0.2) is 65.9 Å². The molecule has 1 aromatic heterocycles. The summed E-state index contributed by atoms with van der Waals surface area (Å²) >= 11 is 0. The number of hydrogen-bond donors (Lipinski definition) is 2. The number of hydrogen-bond acceptors (Lipinski definition) is 6. The van der Waals surface area contributed by atoms with E-state index >= 15 is 0 Å². The van der Waals surface area contributed by atoms with Crippen LogP contribution in [0.2, 0.25) is 0 Å². The highest BCUT2D eigenvalue weighted by Gasteiger charge is 2.14. The first-order chi connectivity index (χ1) is 16.1. The summed E-state index contributed by atoms with van der Waals surface area (Å²) in [6.07, 6.45) is 6.43. The zero-order chi connectivity index (χ0) is 23.0. The maximum atomic E-state index is 12.7. The number of nitrogens with one attached hydrogen (secondary N) is 1. The topological polar surface area (TPSA) is 96.5 Å². The minimum atomic E-state index is -0.136. The summed E-state index contributed by atoms with van der Waals surface area (Å²) in [5.74, 6) is 0.217. The number of anilines is 1. The zero-order valence-corrected chi connectivity index (χ0v) is 19.0. The van der Waals surface area contributed by atoms with Crippen LogP contribution in [0, 0.1) is 0 Å². The fraction of sp³-hybridized carbons (Fsp3) is 0.308. The van der Waals surface area contributed by atoms with Crippen molar-refractivity contribution < 1.29 is 4.79 Å². The molecule has 1 amide bonds. The van der Waals surface area contributed by atoms with Crippen molar-refractivity contribution in [3.63, 3.8) is 0 Å². The molecule has 7 heteroatoms. The van der Waals surface area contributed by atoms with Crippen molar-refractivity contribution >= 4 is 17.4 Å². The van der Waals surface area contributed by atoms with E-state index in [1.165, 1.54) is 12.8 Å². The van der Waals surface area contributed by atoms with Crippen molar-refractivity contribution in [3.8, 4) is 11.3 Å². The fourth-order valence-electron chi connectivity index (χ4n) is 3.92. The summed E-state index contributed by atoms with van der Waals surface area (Å²) in [5.41, 5.74) is 10.5. The minimum absolute atomic E-state index is 0.136. The molecule has 0 aliphatic carbocycles. The second-order valence-electron chi connectivity index (χ2n) is 8.29. The lowest BCUT2D eigenvalue weighted by Crippen LogP contribution is -2.22. The lowest BCUT2D eigenvalue weighted by atomic mass is 10.1. The standard InChI is InChI=1S/C26H30N6O/c1-19(31-32-14-7-2-3-8-15-32)24-25(27)28-18-23(30-24)21-12-9-13-22(16-21)26(33)29-17-20-10-5-4-6-11-20/h4-6,9-13,16,18H,2-3,7-8,14-15,17H2,1H3,(H2,27,28)(H,29,33)/b31-19+. The van der Waals surface area contributed by atoms with E-state index in [-0.39, 0.29) is 5.91 Å². The third-order valence-corrected chi connectivity index (χ3v) is 5.73. The SMILES string of the molecule is C/C(=N\N1CCCCCC1)c1nc(-c2cccc(C(=O)NCc3ccccc3)c2)cnc1N. The Bertz CT molecular complexity index is 1120. The maximum Gasteiger partial charge on any atom is 0.251 e. The number of hydrazone groups is 1. The number of amides is 1. The molecular formula is C26H30N6O. The highest BCUT2D eigenvalue weighted by molar-refractivity contribution is 6.01. The molecule has 2 heterocycles. The smallest absolute Gasteiger partial charge is 0.251 e. The monoisotopic (exact) mass is 442 g/mol. The van der Waals surface area contributed by atoms with Gasteiger partial charge in [-0.15, -0.1) is 0 Å². The van der Waals surface area contributed by atoms with E-state index in [9.17, 15) is 4.79 Å². The third-order valence-electron chi connectivity index (χ3n) is 5.73. The molecule has 170 valence electrons.